The van der Waals surface area contributed by atoms with Crippen LogP contribution in [-0.2, 0) is 17.8 Å². The van der Waals surface area contributed by atoms with Gasteiger partial charge in [0.15, 0.2) is 11.5 Å². The maximum absolute atomic E-state index is 12.8. The summed E-state index contributed by atoms with van der Waals surface area (Å²) in [5.74, 6) is 0.0690. The zero-order chi connectivity index (χ0) is 32.1. The summed E-state index contributed by atoms with van der Waals surface area (Å²) in [7, 11) is 1.84. The van der Waals surface area contributed by atoms with E-state index in [0.29, 0.717) is 23.2 Å². The standard InChI is InChI=1S/C30H31F3N8O3S/c1-4-5-21-8-6-19(2)14-24(21)41-26(42)17-45-29(41)37-28(43)36-25-13-7-20(15-34-25)16-39(3)27-35-18-40(38-27)22-9-11-23(12-10-22)44-30(31,32)33/h6-15,18,27,38H,4-5,16-17H2,1-3H3,(H,34,36,43)/b37-29-. The van der Waals surface area contributed by atoms with E-state index in [9.17, 15) is 22.8 Å². The highest BCUT2D eigenvalue weighted by molar-refractivity contribution is 8.15. The van der Waals surface area contributed by atoms with Crippen molar-refractivity contribution in [1.82, 2.24) is 15.3 Å². The normalized spacial score (nSPS) is 17.5. The van der Waals surface area contributed by atoms with Gasteiger partial charge in [-0.1, -0.05) is 43.3 Å². The molecule has 11 nitrogen and oxygen atoms in total. The number of thioether (sulfide) groups is 1. The number of amides is 3. The Bertz CT molecular complexity index is 1600. The molecule has 1 saturated heterocycles. The van der Waals surface area contributed by atoms with E-state index in [-0.39, 0.29) is 17.4 Å². The number of aliphatic imine (C=N–C) groups is 2. The van der Waals surface area contributed by atoms with Gasteiger partial charge in [0.25, 0.3) is 0 Å². The van der Waals surface area contributed by atoms with Crippen molar-refractivity contribution in [2.75, 3.05) is 28.0 Å². The Morgan fingerprint density at radius 1 is 1.20 bits per heavy atom. The van der Waals surface area contributed by atoms with Crippen molar-refractivity contribution < 1.29 is 27.5 Å². The van der Waals surface area contributed by atoms with Crippen molar-refractivity contribution in [3.63, 3.8) is 0 Å². The molecule has 3 heterocycles. The van der Waals surface area contributed by atoms with Crippen LogP contribution in [0.2, 0.25) is 0 Å². The average Bonchev–Trinajstić information content (AvgIpc) is 3.62. The number of halogens is 3. The predicted octanol–water partition coefficient (Wildman–Crippen LogP) is 5.68. The number of carbonyl (C=O) groups is 2. The first-order chi connectivity index (χ1) is 21.5. The Morgan fingerprint density at radius 3 is 2.67 bits per heavy atom. The largest absolute Gasteiger partial charge is 0.573 e. The van der Waals surface area contributed by atoms with Gasteiger partial charge >= 0.3 is 12.4 Å². The van der Waals surface area contributed by atoms with E-state index in [4.69, 9.17) is 0 Å². The number of benzene rings is 2. The zero-order valence-corrected chi connectivity index (χ0v) is 25.5. The number of anilines is 3. The summed E-state index contributed by atoms with van der Waals surface area (Å²) in [4.78, 5) is 41.9. The summed E-state index contributed by atoms with van der Waals surface area (Å²) in [6, 6.07) is 14.2. The van der Waals surface area contributed by atoms with Gasteiger partial charge in [-0.05, 0) is 73.5 Å². The van der Waals surface area contributed by atoms with Crippen LogP contribution in [-0.4, -0.2) is 58.8 Å². The van der Waals surface area contributed by atoms with E-state index in [0.717, 1.165) is 35.2 Å². The number of hydrazine groups is 1. The van der Waals surface area contributed by atoms with Crippen LogP contribution >= 0.6 is 11.8 Å². The van der Waals surface area contributed by atoms with Crippen molar-refractivity contribution in [2.45, 2.75) is 45.9 Å². The molecule has 0 spiro atoms. The number of carbonyl (C=O) groups excluding carboxylic acids is 2. The minimum atomic E-state index is -4.76. The van der Waals surface area contributed by atoms with Gasteiger partial charge in [0.05, 0.1) is 17.1 Å². The molecule has 0 radical (unpaired) electrons. The molecular formula is C30H31F3N8O3S. The molecule has 0 aliphatic carbocycles. The van der Waals surface area contributed by atoms with Crippen LogP contribution in [0.5, 0.6) is 5.75 Å². The Balaban J connectivity index is 1.16. The van der Waals surface area contributed by atoms with Crippen LogP contribution in [0.3, 0.4) is 0 Å². The van der Waals surface area contributed by atoms with Crippen LogP contribution in [0.4, 0.5) is 35.2 Å². The highest BCUT2D eigenvalue weighted by Crippen LogP contribution is 2.31. The van der Waals surface area contributed by atoms with Crippen LogP contribution in [0.1, 0.15) is 30.0 Å². The Morgan fingerprint density at radius 2 is 1.98 bits per heavy atom. The van der Waals surface area contributed by atoms with Crippen molar-refractivity contribution >= 4 is 52.4 Å². The molecule has 1 aromatic heterocycles. The van der Waals surface area contributed by atoms with Gasteiger partial charge < -0.3 is 4.74 Å². The first-order valence-corrected chi connectivity index (χ1v) is 15.0. The third-order valence-electron chi connectivity index (χ3n) is 6.80. The molecule has 3 aromatic rings. The number of nitrogens with zero attached hydrogens (tertiary/aromatic N) is 6. The maximum Gasteiger partial charge on any atom is 0.573 e. The summed E-state index contributed by atoms with van der Waals surface area (Å²) in [5, 5.41) is 4.58. The third kappa shape index (κ3) is 8.17. The van der Waals surface area contributed by atoms with E-state index in [2.05, 4.69) is 37.4 Å². The van der Waals surface area contributed by atoms with Gasteiger partial charge in [0.1, 0.15) is 17.9 Å². The number of hydrogen-bond donors (Lipinski definition) is 2. The highest BCUT2D eigenvalue weighted by Gasteiger charge is 2.32. The van der Waals surface area contributed by atoms with Gasteiger partial charge in [-0.25, -0.2) is 14.8 Å². The molecule has 1 unspecified atom stereocenters. The number of alkyl halides is 3. The molecule has 15 heteroatoms. The molecule has 1 atom stereocenters. The van der Waals surface area contributed by atoms with Gasteiger partial charge in [-0.15, -0.1) is 13.2 Å². The minimum absolute atomic E-state index is 0.126. The second kappa shape index (κ2) is 13.7. The maximum atomic E-state index is 12.8. The fourth-order valence-electron chi connectivity index (χ4n) is 4.72. The lowest BCUT2D eigenvalue weighted by Gasteiger charge is -2.25. The number of pyridine rings is 1. The molecule has 3 amide bonds. The number of amidine groups is 1. The number of aromatic nitrogens is 1. The molecule has 45 heavy (non-hydrogen) atoms. The summed E-state index contributed by atoms with van der Waals surface area (Å²) in [6.45, 7) is 4.48. The Labute approximate surface area is 262 Å². The molecule has 5 rings (SSSR count). The second-order valence-corrected chi connectivity index (χ2v) is 11.3. The van der Waals surface area contributed by atoms with Gasteiger partial charge in [0.2, 0.25) is 5.91 Å². The van der Waals surface area contributed by atoms with E-state index < -0.39 is 18.7 Å². The molecule has 0 bridgehead atoms. The monoisotopic (exact) mass is 640 g/mol. The minimum Gasteiger partial charge on any atom is -0.406 e. The molecule has 2 aliphatic heterocycles. The lowest BCUT2D eigenvalue weighted by Crippen LogP contribution is -2.45. The van der Waals surface area contributed by atoms with Crippen LogP contribution < -0.4 is 25.4 Å². The average molecular weight is 641 g/mol. The molecule has 1 fully saturated rings. The lowest BCUT2D eigenvalue weighted by atomic mass is 10.0. The first-order valence-electron chi connectivity index (χ1n) is 14.0. The molecule has 2 N–H and O–H groups in total. The van der Waals surface area contributed by atoms with E-state index in [1.54, 1.807) is 23.6 Å². The molecule has 2 aromatic carbocycles. The van der Waals surface area contributed by atoms with Crippen LogP contribution in [0.15, 0.2) is 70.8 Å². The van der Waals surface area contributed by atoms with E-state index in [1.807, 2.05) is 43.1 Å². The SMILES string of the molecule is CCCc1ccc(C)cc1N1C(=O)CS/C1=N\C(=O)Nc1ccc(CN(C)C2N=CN(c3ccc(OC(F)(F)F)cc3)N2)cn1. The van der Waals surface area contributed by atoms with E-state index >= 15 is 0 Å². The number of hydrogen-bond acceptors (Lipinski definition) is 9. The summed E-state index contributed by atoms with van der Waals surface area (Å²) in [5.41, 5.74) is 7.36. The number of ether oxygens (including phenoxy) is 1. The Kier molecular flexibility index (Phi) is 9.70. The van der Waals surface area contributed by atoms with E-state index in [1.165, 1.54) is 40.9 Å². The number of urea groups is 1. The smallest absolute Gasteiger partial charge is 0.406 e. The van der Waals surface area contributed by atoms with Crippen molar-refractivity contribution in [1.29, 1.82) is 0 Å². The Hall–Kier alpha value is -4.47. The molecule has 236 valence electrons. The quantitative estimate of drug-likeness (QED) is 0.307. The number of aryl methyl sites for hydroxylation is 2. The zero-order valence-electron chi connectivity index (χ0n) is 24.7. The summed E-state index contributed by atoms with van der Waals surface area (Å²) < 4.78 is 41.2. The van der Waals surface area contributed by atoms with Crippen molar-refractivity contribution in [3.05, 3.63) is 77.5 Å². The third-order valence-corrected chi connectivity index (χ3v) is 7.72. The van der Waals surface area contributed by atoms with Crippen molar-refractivity contribution in [3.8, 4) is 5.75 Å². The topological polar surface area (TPSA) is 115 Å². The predicted molar refractivity (Wildman–Crippen MR) is 168 cm³/mol. The van der Waals surface area contributed by atoms with Gasteiger partial charge in [-0.2, -0.15) is 10.4 Å². The first kappa shape index (κ1) is 31.9. The summed E-state index contributed by atoms with van der Waals surface area (Å²) >= 11 is 1.22. The highest BCUT2D eigenvalue weighted by atomic mass is 32.2. The molecule has 2 aliphatic rings. The summed E-state index contributed by atoms with van der Waals surface area (Å²) in [6.07, 6.45) is -0.311. The fourth-order valence-corrected chi connectivity index (χ4v) is 5.58. The lowest BCUT2D eigenvalue weighted by molar-refractivity contribution is -0.274. The van der Waals surface area contributed by atoms with Crippen LogP contribution in [0.25, 0.3) is 0 Å². The van der Waals surface area contributed by atoms with Crippen molar-refractivity contribution in [2.24, 2.45) is 9.98 Å². The van der Waals surface area contributed by atoms with Crippen LogP contribution in [0, 0.1) is 6.92 Å². The van der Waals surface area contributed by atoms with Gasteiger partial charge in [-0.3, -0.25) is 24.9 Å². The number of nitrogens with one attached hydrogen (secondary N) is 2. The second-order valence-electron chi connectivity index (χ2n) is 10.4. The number of rotatable bonds is 9. The van der Waals surface area contributed by atoms with Gasteiger partial charge in [0, 0.05) is 12.7 Å². The fraction of sp³-hybridized carbons (Fsp3) is 0.300. The molecular weight excluding hydrogens is 609 g/mol. The molecule has 0 saturated carbocycles.